The Hall–Kier alpha value is -0.120. The molecule has 0 spiro atoms. The molecule has 1 aliphatic rings. The summed E-state index contributed by atoms with van der Waals surface area (Å²) >= 11 is 9.24. The second kappa shape index (κ2) is 3.44. The number of aliphatic hydroxyl groups is 1. The average molecular weight is 294 g/mol. The lowest BCUT2D eigenvalue weighted by molar-refractivity contribution is 0.161. The van der Waals surface area contributed by atoms with Gasteiger partial charge in [-0.3, -0.25) is 0 Å². The second-order valence-electron chi connectivity index (χ2n) is 4.55. The minimum Gasteiger partial charge on any atom is -0.388 e. The summed E-state index contributed by atoms with van der Waals surface area (Å²) in [5.74, 6) is -0.303. The van der Waals surface area contributed by atoms with Gasteiger partial charge in [-0.15, -0.1) is 0 Å². The molecule has 1 aliphatic carbocycles. The average Bonchev–Trinajstić information content (AvgIpc) is 2.32. The fraction of sp³-hybridized carbons (Fsp3) is 0.455. The molecule has 0 bridgehead atoms. The van der Waals surface area contributed by atoms with Gasteiger partial charge in [-0.05, 0) is 33.8 Å². The van der Waals surface area contributed by atoms with Gasteiger partial charge in [-0.2, -0.15) is 0 Å². The minimum absolute atomic E-state index is 0.303. The molecule has 1 aromatic rings. The zero-order chi connectivity index (χ0) is 11.4. The third-order valence-electron chi connectivity index (χ3n) is 2.92. The van der Waals surface area contributed by atoms with E-state index in [0.717, 1.165) is 0 Å². The maximum absolute atomic E-state index is 13.8. The van der Waals surface area contributed by atoms with Crippen molar-refractivity contribution in [1.82, 2.24) is 0 Å². The molecule has 1 N–H and O–H groups in total. The standard InChI is InChI=1S/C11H11BrClFO/c1-11(2)4-7(15)8-9(11)6(14)3-5(12)10(8)13/h3,7,15H,4H2,1-2H3. The first-order valence-electron chi connectivity index (χ1n) is 4.70. The molecule has 15 heavy (non-hydrogen) atoms. The Labute approximate surface area is 101 Å². The van der Waals surface area contributed by atoms with Gasteiger partial charge >= 0.3 is 0 Å². The molecular weight excluding hydrogens is 282 g/mol. The smallest absolute Gasteiger partial charge is 0.128 e. The van der Waals surface area contributed by atoms with Crippen LogP contribution in [0, 0.1) is 5.82 Å². The lowest BCUT2D eigenvalue weighted by Gasteiger charge is -2.19. The van der Waals surface area contributed by atoms with Crippen molar-refractivity contribution in [3.63, 3.8) is 0 Å². The molecule has 1 atom stereocenters. The summed E-state index contributed by atoms with van der Waals surface area (Å²) in [5.41, 5.74) is 0.722. The van der Waals surface area contributed by atoms with Gasteiger partial charge in [0.2, 0.25) is 0 Å². The molecule has 0 aromatic heterocycles. The molecule has 1 aromatic carbocycles. The number of aliphatic hydroxyl groups excluding tert-OH is 1. The van der Waals surface area contributed by atoms with E-state index in [1.54, 1.807) is 0 Å². The van der Waals surface area contributed by atoms with Crippen molar-refractivity contribution in [2.75, 3.05) is 0 Å². The van der Waals surface area contributed by atoms with Crippen LogP contribution in [0.2, 0.25) is 5.02 Å². The van der Waals surface area contributed by atoms with Crippen molar-refractivity contribution in [3.8, 4) is 0 Å². The van der Waals surface area contributed by atoms with E-state index in [9.17, 15) is 9.50 Å². The van der Waals surface area contributed by atoms with Crippen molar-refractivity contribution >= 4 is 27.5 Å². The highest BCUT2D eigenvalue weighted by Gasteiger charge is 2.40. The molecule has 0 fully saturated rings. The molecule has 1 nitrogen and oxygen atoms in total. The summed E-state index contributed by atoms with van der Waals surface area (Å²) in [6.07, 6.45) is -0.162. The van der Waals surface area contributed by atoms with E-state index < -0.39 is 6.10 Å². The molecule has 82 valence electrons. The largest absolute Gasteiger partial charge is 0.388 e. The number of hydrogen-bond donors (Lipinski definition) is 1. The first-order chi connectivity index (χ1) is 6.84. The van der Waals surface area contributed by atoms with Crippen molar-refractivity contribution in [1.29, 1.82) is 0 Å². The predicted molar refractivity (Wildman–Crippen MR) is 61.7 cm³/mol. The van der Waals surface area contributed by atoms with Gasteiger partial charge < -0.3 is 5.11 Å². The highest BCUT2D eigenvalue weighted by molar-refractivity contribution is 9.10. The minimum atomic E-state index is -0.672. The van der Waals surface area contributed by atoms with Crippen molar-refractivity contribution in [2.24, 2.45) is 0 Å². The highest BCUT2D eigenvalue weighted by atomic mass is 79.9. The zero-order valence-electron chi connectivity index (χ0n) is 8.44. The van der Waals surface area contributed by atoms with Gasteiger partial charge in [-0.25, -0.2) is 4.39 Å². The molecule has 0 heterocycles. The van der Waals surface area contributed by atoms with E-state index in [4.69, 9.17) is 11.6 Å². The number of halogens is 3. The molecule has 0 saturated carbocycles. The third-order valence-corrected chi connectivity index (χ3v) is 4.18. The van der Waals surface area contributed by atoms with Crippen molar-refractivity contribution < 1.29 is 9.50 Å². The Kier molecular flexibility index (Phi) is 2.61. The molecule has 0 amide bonds. The molecule has 0 aliphatic heterocycles. The normalized spacial score (nSPS) is 22.9. The van der Waals surface area contributed by atoms with Gasteiger partial charge in [0, 0.05) is 15.6 Å². The van der Waals surface area contributed by atoms with E-state index in [-0.39, 0.29) is 11.2 Å². The third kappa shape index (κ3) is 1.61. The van der Waals surface area contributed by atoms with Gasteiger partial charge in [0.1, 0.15) is 5.82 Å². The monoisotopic (exact) mass is 292 g/mol. The van der Waals surface area contributed by atoms with Crippen LogP contribution >= 0.6 is 27.5 Å². The Morgan fingerprint density at radius 2 is 2.20 bits per heavy atom. The van der Waals surface area contributed by atoms with Gasteiger partial charge in [0.25, 0.3) is 0 Å². The first kappa shape index (κ1) is 11.4. The summed E-state index contributed by atoms with van der Waals surface area (Å²) in [7, 11) is 0. The lowest BCUT2D eigenvalue weighted by Crippen LogP contribution is -2.14. The lowest BCUT2D eigenvalue weighted by atomic mass is 9.86. The van der Waals surface area contributed by atoms with E-state index in [1.807, 2.05) is 13.8 Å². The Balaban J connectivity index is 2.78. The molecular formula is C11H11BrClFO. The van der Waals surface area contributed by atoms with E-state index in [1.165, 1.54) is 6.07 Å². The fourth-order valence-electron chi connectivity index (χ4n) is 2.30. The van der Waals surface area contributed by atoms with Crippen LogP contribution in [0.25, 0.3) is 0 Å². The van der Waals surface area contributed by atoms with Crippen LogP contribution in [0.15, 0.2) is 10.5 Å². The summed E-state index contributed by atoms with van der Waals surface area (Å²) in [5, 5.41) is 10.3. The number of rotatable bonds is 0. The molecule has 4 heteroatoms. The van der Waals surface area contributed by atoms with Gasteiger partial charge in [-0.1, -0.05) is 25.4 Å². The fourth-order valence-corrected chi connectivity index (χ4v) is 2.99. The van der Waals surface area contributed by atoms with Crippen LogP contribution in [-0.2, 0) is 5.41 Å². The Bertz CT molecular complexity index is 431. The summed E-state index contributed by atoms with van der Waals surface area (Å²) in [6.45, 7) is 3.82. The summed E-state index contributed by atoms with van der Waals surface area (Å²) in [6, 6.07) is 1.36. The van der Waals surface area contributed by atoms with E-state index in [2.05, 4.69) is 15.9 Å². The molecule has 2 rings (SSSR count). The quantitative estimate of drug-likeness (QED) is 0.718. The maximum atomic E-state index is 13.8. The maximum Gasteiger partial charge on any atom is 0.128 e. The van der Waals surface area contributed by atoms with Gasteiger partial charge in [0.15, 0.2) is 0 Å². The van der Waals surface area contributed by atoms with Crippen LogP contribution in [0.5, 0.6) is 0 Å². The van der Waals surface area contributed by atoms with Gasteiger partial charge in [0.05, 0.1) is 11.1 Å². The van der Waals surface area contributed by atoms with Crippen LogP contribution in [0.3, 0.4) is 0 Å². The number of fused-ring (bicyclic) bond motifs is 1. The summed E-state index contributed by atoms with van der Waals surface area (Å²) < 4.78 is 14.3. The topological polar surface area (TPSA) is 20.2 Å². The van der Waals surface area contributed by atoms with Crippen molar-refractivity contribution in [3.05, 3.63) is 32.5 Å². The number of hydrogen-bond acceptors (Lipinski definition) is 1. The predicted octanol–water partition coefficient (Wildman–Crippen LogP) is 3.96. The molecule has 1 unspecified atom stereocenters. The van der Waals surface area contributed by atoms with Crippen LogP contribution in [0.4, 0.5) is 4.39 Å². The first-order valence-corrected chi connectivity index (χ1v) is 5.87. The van der Waals surface area contributed by atoms with Crippen molar-refractivity contribution in [2.45, 2.75) is 31.8 Å². The van der Waals surface area contributed by atoms with Crippen LogP contribution in [0.1, 0.15) is 37.5 Å². The highest BCUT2D eigenvalue weighted by Crippen LogP contribution is 2.50. The van der Waals surface area contributed by atoms with E-state index in [0.29, 0.717) is 27.0 Å². The second-order valence-corrected chi connectivity index (χ2v) is 5.78. The zero-order valence-corrected chi connectivity index (χ0v) is 10.8. The summed E-state index contributed by atoms with van der Waals surface area (Å²) in [4.78, 5) is 0. The Morgan fingerprint density at radius 1 is 1.60 bits per heavy atom. The number of benzene rings is 1. The molecule has 0 saturated heterocycles. The van der Waals surface area contributed by atoms with Crippen LogP contribution < -0.4 is 0 Å². The van der Waals surface area contributed by atoms with Crippen LogP contribution in [-0.4, -0.2) is 5.11 Å². The SMILES string of the molecule is CC1(C)CC(O)c2c(Cl)c(Br)cc(F)c21. The van der Waals surface area contributed by atoms with E-state index >= 15 is 0 Å². The molecule has 0 radical (unpaired) electrons. The Morgan fingerprint density at radius 3 is 2.80 bits per heavy atom.